The fraction of sp³-hybridized carbons (Fsp3) is 0.357. The zero-order chi connectivity index (χ0) is 14.5. The van der Waals surface area contributed by atoms with Crippen LogP contribution in [0.25, 0.3) is 0 Å². The highest BCUT2D eigenvalue weighted by Gasteiger charge is 2.03. The molecule has 2 aromatic rings. The molecule has 0 aliphatic rings. The van der Waals surface area contributed by atoms with E-state index < -0.39 is 5.91 Å². The van der Waals surface area contributed by atoms with E-state index in [1.54, 1.807) is 12.3 Å². The second kappa shape index (κ2) is 6.18. The molecule has 0 spiro atoms. The smallest absolute Gasteiger partial charge is 0.267 e. The van der Waals surface area contributed by atoms with E-state index in [0.717, 1.165) is 30.9 Å². The Morgan fingerprint density at radius 3 is 2.85 bits per heavy atom. The molecule has 0 bridgehead atoms. The van der Waals surface area contributed by atoms with Crippen LogP contribution in [0.15, 0.2) is 24.4 Å². The minimum absolute atomic E-state index is 0.272. The summed E-state index contributed by atoms with van der Waals surface area (Å²) in [6.07, 6.45) is 2.51. The number of pyridine rings is 1. The van der Waals surface area contributed by atoms with Gasteiger partial charge in [0.2, 0.25) is 0 Å². The molecule has 0 aromatic carbocycles. The highest BCUT2D eigenvalue weighted by atomic mass is 16.1. The maximum Gasteiger partial charge on any atom is 0.267 e. The fourth-order valence-corrected chi connectivity index (χ4v) is 2.04. The standard InChI is InChI=1S/C14H19N5O/c1-10-8-11(2)19(18-10)7-3-5-16-12-4-6-17-13(9-12)14(15)20/h4,6,8-9H,3,5,7H2,1-2H3,(H2,15,20)(H,16,17). The van der Waals surface area contributed by atoms with Crippen LogP contribution in [0.4, 0.5) is 5.69 Å². The minimum Gasteiger partial charge on any atom is -0.385 e. The number of nitrogens with one attached hydrogen (secondary N) is 1. The molecule has 6 nitrogen and oxygen atoms in total. The van der Waals surface area contributed by atoms with Gasteiger partial charge >= 0.3 is 0 Å². The molecule has 0 aliphatic carbocycles. The number of primary amides is 1. The van der Waals surface area contributed by atoms with Gasteiger partial charge in [0.1, 0.15) is 5.69 Å². The first kappa shape index (κ1) is 14.0. The molecule has 2 aromatic heterocycles. The summed E-state index contributed by atoms with van der Waals surface area (Å²) >= 11 is 0. The molecule has 0 radical (unpaired) electrons. The van der Waals surface area contributed by atoms with Gasteiger partial charge < -0.3 is 11.1 Å². The van der Waals surface area contributed by atoms with Gasteiger partial charge in [0.25, 0.3) is 5.91 Å². The summed E-state index contributed by atoms with van der Waals surface area (Å²) in [5, 5.41) is 7.66. The van der Waals surface area contributed by atoms with Crippen LogP contribution >= 0.6 is 0 Å². The quantitative estimate of drug-likeness (QED) is 0.781. The van der Waals surface area contributed by atoms with Crippen molar-refractivity contribution in [1.29, 1.82) is 0 Å². The predicted octanol–water partition coefficient (Wildman–Crippen LogP) is 1.50. The van der Waals surface area contributed by atoms with Gasteiger partial charge in [-0.3, -0.25) is 14.5 Å². The number of carbonyl (C=O) groups excluding carboxylic acids is 1. The predicted molar refractivity (Wildman–Crippen MR) is 77.6 cm³/mol. The number of aromatic nitrogens is 3. The minimum atomic E-state index is -0.517. The number of carbonyl (C=O) groups is 1. The third kappa shape index (κ3) is 3.57. The molecular formula is C14H19N5O. The Hall–Kier alpha value is -2.37. The topological polar surface area (TPSA) is 85.8 Å². The maximum atomic E-state index is 11.0. The summed E-state index contributed by atoms with van der Waals surface area (Å²) in [5.41, 5.74) is 8.52. The van der Waals surface area contributed by atoms with Crippen molar-refractivity contribution in [2.45, 2.75) is 26.8 Å². The lowest BCUT2D eigenvalue weighted by Crippen LogP contribution is -2.14. The zero-order valence-electron chi connectivity index (χ0n) is 11.8. The van der Waals surface area contributed by atoms with E-state index in [4.69, 9.17) is 5.73 Å². The van der Waals surface area contributed by atoms with Gasteiger partial charge in [-0.15, -0.1) is 0 Å². The van der Waals surface area contributed by atoms with Gasteiger partial charge in [-0.2, -0.15) is 5.10 Å². The number of anilines is 1. The van der Waals surface area contributed by atoms with E-state index in [1.807, 2.05) is 17.7 Å². The SMILES string of the molecule is Cc1cc(C)n(CCCNc2ccnc(C(N)=O)c2)n1. The largest absolute Gasteiger partial charge is 0.385 e. The van der Waals surface area contributed by atoms with Crippen LogP contribution < -0.4 is 11.1 Å². The third-order valence-electron chi connectivity index (χ3n) is 2.99. The third-order valence-corrected chi connectivity index (χ3v) is 2.99. The van der Waals surface area contributed by atoms with Crippen molar-refractivity contribution in [3.63, 3.8) is 0 Å². The number of aryl methyl sites for hydroxylation is 3. The van der Waals surface area contributed by atoms with Crippen LogP contribution in [-0.2, 0) is 6.54 Å². The molecule has 3 N–H and O–H groups in total. The molecule has 0 fully saturated rings. The first-order valence-corrected chi connectivity index (χ1v) is 6.57. The van der Waals surface area contributed by atoms with E-state index in [0.29, 0.717) is 0 Å². The molecule has 2 rings (SSSR count). The maximum absolute atomic E-state index is 11.0. The summed E-state index contributed by atoms with van der Waals surface area (Å²) in [6.45, 7) is 5.69. The molecule has 2 heterocycles. The van der Waals surface area contributed by atoms with E-state index >= 15 is 0 Å². The van der Waals surface area contributed by atoms with Crippen LogP contribution in [0.1, 0.15) is 28.3 Å². The number of amides is 1. The average Bonchev–Trinajstić information content (AvgIpc) is 2.73. The molecule has 0 saturated heterocycles. The monoisotopic (exact) mass is 273 g/mol. The molecule has 106 valence electrons. The second-order valence-corrected chi connectivity index (χ2v) is 4.72. The highest BCUT2D eigenvalue weighted by Crippen LogP contribution is 2.08. The summed E-state index contributed by atoms with van der Waals surface area (Å²) in [6, 6.07) is 5.54. The number of hydrogen-bond acceptors (Lipinski definition) is 4. The Morgan fingerprint density at radius 2 is 2.20 bits per heavy atom. The van der Waals surface area contributed by atoms with Crippen molar-refractivity contribution in [1.82, 2.24) is 14.8 Å². The van der Waals surface area contributed by atoms with Crippen molar-refractivity contribution in [3.05, 3.63) is 41.5 Å². The van der Waals surface area contributed by atoms with Crippen LogP contribution in [0, 0.1) is 13.8 Å². The van der Waals surface area contributed by atoms with Crippen molar-refractivity contribution in [2.75, 3.05) is 11.9 Å². The number of hydrogen-bond donors (Lipinski definition) is 2. The van der Waals surface area contributed by atoms with Gasteiger partial charge in [-0.1, -0.05) is 0 Å². The van der Waals surface area contributed by atoms with Gasteiger partial charge in [0.15, 0.2) is 0 Å². The number of nitrogens with two attached hydrogens (primary N) is 1. The number of rotatable bonds is 6. The lowest BCUT2D eigenvalue weighted by molar-refractivity contribution is 0.0995. The Balaban J connectivity index is 1.83. The van der Waals surface area contributed by atoms with Crippen LogP contribution in [0.2, 0.25) is 0 Å². The van der Waals surface area contributed by atoms with E-state index in [2.05, 4.69) is 28.4 Å². The van der Waals surface area contributed by atoms with Crippen LogP contribution in [-0.4, -0.2) is 27.2 Å². The molecule has 0 saturated carbocycles. The molecule has 6 heteroatoms. The van der Waals surface area contributed by atoms with Gasteiger partial charge in [0.05, 0.1) is 5.69 Å². The Kier molecular flexibility index (Phi) is 4.34. The number of nitrogens with zero attached hydrogens (tertiary/aromatic N) is 3. The molecular weight excluding hydrogens is 254 g/mol. The first-order valence-electron chi connectivity index (χ1n) is 6.57. The Morgan fingerprint density at radius 1 is 1.40 bits per heavy atom. The molecule has 0 atom stereocenters. The summed E-state index contributed by atoms with van der Waals surface area (Å²) in [5.74, 6) is -0.517. The van der Waals surface area contributed by atoms with Crippen molar-refractivity contribution in [2.24, 2.45) is 5.73 Å². The first-order chi connectivity index (χ1) is 9.56. The molecule has 0 aliphatic heterocycles. The van der Waals surface area contributed by atoms with Crippen LogP contribution in [0.3, 0.4) is 0 Å². The lowest BCUT2D eigenvalue weighted by atomic mass is 10.3. The Labute approximate surface area is 118 Å². The van der Waals surface area contributed by atoms with Crippen molar-refractivity contribution < 1.29 is 4.79 Å². The lowest BCUT2D eigenvalue weighted by Gasteiger charge is -2.08. The van der Waals surface area contributed by atoms with Gasteiger partial charge in [-0.25, -0.2) is 0 Å². The van der Waals surface area contributed by atoms with Crippen molar-refractivity contribution in [3.8, 4) is 0 Å². The molecule has 0 unspecified atom stereocenters. The van der Waals surface area contributed by atoms with Gasteiger partial charge in [-0.05, 0) is 38.5 Å². The average molecular weight is 273 g/mol. The highest BCUT2D eigenvalue weighted by molar-refractivity contribution is 5.91. The zero-order valence-corrected chi connectivity index (χ0v) is 11.8. The molecule has 20 heavy (non-hydrogen) atoms. The fourth-order valence-electron chi connectivity index (χ4n) is 2.04. The summed E-state index contributed by atoms with van der Waals surface area (Å²) in [7, 11) is 0. The summed E-state index contributed by atoms with van der Waals surface area (Å²) in [4.78, 5) is 14.9. The normalized spacial score (nSPS) is 10.5. The van der Waals surface area contributed by atoms with E-state index in [1.165, 1.54) is 5.69 Å². The molecule has 1 amide bonds. The van der Waals surface area contributed by atoms with Crippen LogP contribution in [0.5, 0.6) is 0 Å². The van der Waals surface area contributed by atoms with E-state index in [-0.39, 0.29) is 5.69 Å². The second-order valence-electron chi connectivity index (χ2n) is 4.72. The van der Waals surface area contributed by atoms with E-state index in [9.17, 15) is 4.79 Å². The Bertz CT molecular complexity index is 605. The van der Waals surface area contributed by atoms with Crippen molar-refractivity contribution >= 4 is 11.6 Å². The summed E-state index contributed by atoms with van der Waals surface area (Å²) < 4.78 is 2.00. The van der Waals surface area contributed by atoms with Gasteiger partial charge in [0, 0.05) is 30.7 Å².